The fourth-order valence-corrected chi connectivity index (χ4v) is 4.80. The van der Waals surface area contributed by atoms with Crippen LogP contribution < -0.4 is 10.6 Å². The normalized spacial score (nSPS) is 11.7. The van der Waals surface area contributed by atoms with Crippen molar-refractivity contribution >= 4 is 39.7 Å². The lowest BCUT2D eigenvalue weighted by molar-refractivity contribution is 0.102. The molecule has 2 aromatic heterocycles. The number of benzene rings is 2. The number of carbonyl (C=O) groups is 1. The van der Waals surface area contributed by atoms with Gasteiger partial charge in [-0.15, -0.1) is 11.3 Å². The second-order valence-corrected chi connectivity index (χ2v) is 8.79. The molecule has 0 aliphatic rings. The van der Waals surface area contributed by atoms with E-state index in [4.69, 9.17) is 11.6 Å². The molecule has 0 saturated heterocycles. The lowest BCUT2D eigenvalue weighted by atomic mass is 9.96. The van der Waals surface area contributed by atoms with E-state index in [0.29, 0.717) is 10.6 Å². The summed E-state index contributed by atoms with van der Waals surface area (Å²) >= 11 is 8.17. The Morgan fingerprint density at radius 3 is 2.39 bits per heavy atom. The van der Waals surface area contributed by atoms with Crippen LogP contribution in [0.5, 0.6) is 0 Å². The predicted molar refractivity (Wildman–Crippen MR) is 129 cm³/mol. The van der Waals surface area contributed by atoms with Gasteiger partial charge in [-0.25, -0.2) is 4.98 Å². The molecule has 4 rings (SSSR count). The third-order valence-corrected chi connectivity index (χ3v) is 6.64. The number of anilines is 2. The van der Waals surface area contributed by atoms with Gasteiger partial charge in [-0.3, -0.25) is 4.79 Å². The van der Waals surface area contributed by atoms with Crippen molar-refractivity contribution in [3.8, 4) is 0 Å². The first kappa shape index (κ1) is 21.1. The Kier molecular flexibility index (Phi) is 6.35. The average molecular weight is 448 g/mol. The highest BCUT2D eigenvalue weighted by molar-refractivity contribution is 7.16. The molecule has 1 unspecified atom stereocenters. The molecule has 31 heavy (non-hydrogen) atoms. The Bertz CT molecular complexity index is 1190. The van der Waals surface area contributed by atoms with Gasteiger partial charge >= 0.3 is 0 Å². The number of aromatic nitrogens is 1. The molecule has 0 spiro atoms. The summed E-state index contributed by atoms with van der Waals surface area (Å²) in [5.41, 5.74) is 3.64. The molecule has 4 aromatic rings. The van der Waals surface area contributed by atoms with Crippen molar-refractivity contribution in [2.75, 3.05) is 10.6 Å². The molecule has 0 saturated carbocycles. The number of hydrogen-bond acceptors (Lipinski definition) is 4. The number of aryl methyl sites for hydroxylation is 1. The summed E-state index contributed by atoms with van der Waals surface area (Å²) in [6, 6.07) is 22.4. The predicted octanol–water partition coefficient (Wildman–Crippen LogP) is 6.87. The molecule has 2 N–H and O–H groups in total. The van der Waals surface area contributed by atoms with Crippen LogP contribution in [0.2, 0.25) is 5.02 Å². The Morgan fingerprint density at radius 2 is 1.68 bits per heavy atom. The van der Waals surface area contributed by atoms with Crippen molar-refractivity contribution in [1.82, 2.24) is 4.98 Å². The summed E-state index contributed by atoms with van der Waals surface area (Å²) in [6.45, 7) is 4.13. The second-order valence-electron chi connectivity index (χ2n) is 7.16. The Morgan fingerprint density at radius 1 is 0.968 bits per heavy atom. The maximum absolute atomic E-state index is 12.9. The largest absolute Gasteiger partial charge is 0.359 e. The highest BCUT2D eigenvalue weighted by Crippen LogP contribution is 2.42. The standard InChI is InChI=1S/C25H22ClN3OS/c1-16-17(2)31-25(29-24(30)18-10-4-3-5-11-18)22(16)23(19-12-6-7-13-20(19)26)28-21-14-8-9-15-27-21/h3-15,23H,1-2H3,(H,27,28)(H,29,30). The zero-order chi connectivity index (χ0) is 21.8. The SMILES string of the molecule is Cc1sc(NC(=O)c2ccccc2)c(C(Nc2ccccn2)c2ccccc2Cl)c1C. The van der Waals surface area contributed by atoms with Gasteiger partial charge < -0.3 is 10.6 Å². The highest BCUT2D eigenvalue weighted by Gasteiger charge is 2.26. The minimum atomic E-state index is -0.278. The first-order valence-electron chi connectivity index (χ1n) is 9.93. The number of thiophene rings is 1. The molecule has 1 amide bonds. The number of carbonyl (C=O) groups excluding carboxylic acids is 1. The van der Waals surface area contributed by atoms with E-state index < -0.39 is 0 Å². The van der Waals surface area contributed by atoms with Gasteiger partial charge in [0.15, 0.2) is 0 Å². The molecule has 0 aliphatic heterocycles. The molecular formula is C25H22ClN3OS. The molecule has 4 nitrogen and oxygen atoms in total. The molecule has 0 bridgehead atoms. The third-order valence-electron chi connectivity index (χ3n) is 5.16. The molecular weight excluding hydrogens is 426 g/mol. The van der Waals surface area contributed by atoms with Gasteiger partial charge in [-0.2, -0.15) is 0 Å². The summed E-state index contributed by atoms with van der Waals surface area (Å²) in [4.78, 5) is 18.5. The number of nitrogens with zero attached hydrogens (tertiary/aromatic N) is 1. The van der Waals surface area contributed by atoms with Gasteiger partial charge in [-0.1, -0.05) is 54.1 Å². The highest BCUT2D eigenvalue weighted by atomic mass is 35.5. The number of hydrogen-bond donors (Lipinski definition) is 2. The van der Waals surface area contributed by atoms with Crippen LogP contribution in [0.4, 0.5) is 10.8 Å². The van der Waals surface area contributed by atoms with Crippen LogP contribution >= 0.6 is 22.9 Å². The summed E-state index contributed by atoms with van der Waals surface area (Å²) in [6.07, 6.45) is 1.75. The molecule has 1 atom stereocenters. The number of pyridine rings is 1. The molecule has 156 valence electrons. The van der Waals surface area contributed by atoms with E-state index in [0.717, 1.165) is 32.4 Å². The second kappa shape index (κ2) is 9.33. The van der Waals surface area contributed by atoms with Crippen molar-refractivity contribution in [2.24, 2.45) is 0 Å². The van der Waals surface area contributed by atoms with Crippen molar-refractivity contribution in [3.63, 3.8) is 0 Å². The van der Waals surface area contributed by atoms with E-state index in [1.54, 1.807) is 29.7 Å². The van der Waals surface area contributed by atoms with Crippen LogP contribution in [0, 0.1) is 13.8 Å². The zero-order valence-corrected chi connectivity index (χ0v) is 18.8. The topological polar surface area (TPSA) is 54.0 Å². The van der Waals surface area contributed by atoms with E-state index in [9.17, 15) is 4.79 Å². The van der Waals surface area contributed by atoms with Gasteiger partial charge in [-0.05, 0) is 55.3 Å². The molecule has 2 heterocycles. The molecule has 0 aliphatic carbocycles. The van der Waals surface area contributed by atoms with Crippen molar-refractivity contribution in [1.29, 1.82) is 0 Å². The van der Waals surface area contributed by atoms with Crippen LogP contribution in [0.1, 0.15) is 38.0 Å². The number of amides is 1. The van der Waals surface area contributed by atoms with Gasteiger partial charge in [0.05, 0.1) is 6.04 Å². The molecule has 2 aromatic carbocycles. The van der Waals surface area contributed by atoms with Crippen LogP contribution in [0.15, 0.2) is 79.0 Å². The first-order chi connectivity index (χ1) is 15.0. The maximum atomic E-state index is 12.9. The average Bonchev–Trinajstić information content (AvgIpc) is 3.07. The van der Waals surface area contributed by atoms with Gasteiger partial charge in [0, 0.05) is 27.2 Å². The first-order valence-corrected chi connectivity index (χ1v) is 11.1. The smallest absolute Gasteiger partial charge is 0.256 e. The van der Waals surface area contributed by atoms with Gasteiger partial charge in [0.25, 0.3) is 5.91 Å². The summed E-state index contributed by atoms with van der Waals surface area (Å²) in [5, 5.41) is 8.10. The lowest BCUT2D eigenvalue weighted by Gasteiger charge is -2.23. The number of nitrogens with one attached hydrogen (secondary N) is 2. The van der Waals surface area contributed by atoms with Crippen molar-refractivity contribution in [3.05, 3.63) is 111 Å². The van der Waals surface area contributed by atoms with Crippen LogP contribution in [0.3, 0.4) is 0 Å². The molecule has 0 fully saturated rings. The number of halogens is 1. The molecule has 0 radical (unpaired) electrons. The molecule has 6 heteroatoms. The van der Waals surface area contributed by atoms with Crippen molar-refractivity contribution in [2.45, 2.75) is 19.9 Å². The van der Waals surface area contributed by atoms with E-state index in [1.165, 1.54) is 0 Å². The van der Waals surface area contributed by atoms with Crippen LogP contribution in [0.25, 0.3) is 0 Å². The van der Waals surface area contributed by atoms with Gasteiger partial charge in [0.2, 0.25) is 0 Å². The lowest BCUT2D eigenvalue weighted by Crippen LogP contribution is -2.18. The summed E-state index contributed by atoms with van der Waals surface area (Å²) in [5.74, 6) is 0.592. The zero-order valence-electron chi connectivity index (χ0n) is 17.2. The van der Waals surface area contributed by atoms with E-state index in [2.05, 4.69) is 29.5 Å². The quantitative estimate of drug-likeness (QED) is 0.339. The minimum absolute atomic E-state index is 0.140. The fourth-order valence-electron chi connectivity index (χ4n) is 3.46. The number of rotatable bonds is 6. The van der Waals surface area contributed by atoms with E-state index >= 15 is 0 Å². The Labute approximate surface area is 190 Å². The Balaban J connectivity index is 1.79. The summed E-state index contributed by atoms with van der Waals surface area (Å²) in [7, 11) is 0. The van der Waals surface area contributed by atoms with Crippen molar-refractivity contribution < 1.29 is 4.79 Å². The monoisotopic (exact) mass is 447 g/mol. The Hall–Kier alpha value is -3.15. The minimum Gasteiger partial charge on any atom is -0.359 e. The van der Waals surface area contributed by atoms with E-state index in [-0.39, 0.29) is 11.9 Å². The summed E-state index contributed by atoms with van der Waals surface area (Å²) < 4.78 is 0. The third kappa shape index (κ3) is 4.63. The fraction of sp³-hybridized carbons (Fsp3) is 0.120. The van der Waals surface area contributed by atoms with E-state index in [1.807, 2.05) is 60.7 Å². The van der Waals surface area contributed by atoms with Crippen LogP contribution in [-0.2, 0) is 0 Å². The van der Waals surface area contributed by atoms with Crippen LogP contribution in [-0.4, -0.2) is 10.9 Å². The maximum Gasteiger partial charge on any atom is 0.256 e. The van der Waals surface area contributed by atoms with Gasteiger partial charge in [0.1, 0.15) is 10.8 Å².